The third-order valence-electron chi connectivity index (χ3n) is 3.82. The number of amides is 1. The Morgan fingerprint density at radius 3 is 2.64 bits per heavy atom. The van der Waals surface area contributed by atoms with Crippen LogP contribution < -0.4 is 9.83 Å². The molecule has 0 bridgehead atoms. The summed E-state index contributed by atoms with van der Waals surface area (Å²) in [5, 5.41) is 12.4. The zero-order valence-corrected chi connectivity index (χ0v) is 13.4. The van der Waals surface area contributed by atoms with Crippen LogP contribution in [-0.2, 0) is 10.0 Å². The molecular weight excluding hydrogens is 342 g/mol. The topological polar surface area (TPSA) is 112 Å². The van der Waals surface area contributed by atoms with Crippen LogP contribution in [0.2, 0.25) is 0 Å². The van der Waals surface area contributed by atoms with Crippen LogP contribution in [0.3, 0.4) is 0 Å². The SMILES string of the molecule is O=C1N=C([O-])c2cc(NS(=O)(=O)c3cccc4cccnc34)ccc21. The standard InChI is InChI=1S/C17H11N3O4S/c21-16-12-7-6-11(9-13(12)17(22)19-16)20-25(23,24)14-5-1-3-10-4-2-8-18-15(10)14/h1-9,20H,(H,19,21,22)/p-1. The Morgan fingerprint density at radius 2 is 1.80 bits per heavy atom. The number of rotatable bonds is 3. The van der Waals surface area contributed by atoms with Crippen molar-refractivity contribution in [3.8, 4) is 0 Å². The fourth-order valence-electron chi connectivity index (χ4n) is 2.69. The van der Waals surface area contributed by atoms with Crippen molar-refractivity contribution in [2.24, 2.45) is 4.99 Å². The molecule has 0 saturated carbocycles. The smallest absolute Gasteiger partial charge is 0.277 e. The molecule has 1 aromatic heterocycles. The van der Waals surface area contributed by atoms with Crippen molar-refractivity contribution in [3.05, 3.63) is 65.9 Å². The molecule has 3 aromatic rings. The summed E-state index contributed by atoms with van der Waals surface area (Å²) >= 11 is 0. The van der Waals surface area contributed by atoms with Gasteiger partial charge in [-0.05, 0) is 36.2 Å². The first kappa shape index (κ1) is 15.3. The summed E-state index contributed by atoms with van der Waals surface area (Å²) in [6.45, 7) is 0. The molecular formula is C17H10N3O4S-. The first-order chi connectivity index (χ1) is 12.0. The normalized spacial score (nSPS) is 13.6. The first-order valence-corrected chi connectivity index (χ1v) is 8.75. The molecule has 0 saturated heterocycles. The number of aliphatic imine (C=N–C) groups is 1. The molecule has 0 atom stereocenters. The van der Waals surface area contributed by atoms with E-state index in [0.717, 1.165) is 0 Å². The van der Waals surface area contributed by atoms with Crippen LogP contribution in [-0.4, -0.2) is 25.2 Å². The predicted molar refractivity (Wildman–Crippen MR) is 89.9 cm³/mol. The van der Waals surface area contributed by atoms with Gasteiger partial charge in [0, 0.05) is 28.4 Å². The molecule has 0 unspecified atom stereocenters. The number of pyridine rings is 1. The highest BCUT2D eigenvalue weighted by Gasteiger charge is 2.21. The quantitative estimate of drug-likeness (QED) is 0.763. The number of anilines is 1. The molecule has 1 aliphatic heterocycles. The number of aromatic nitrogens is 1. The minimum atomic E-state index is -3.93. The lowest BCUT2D eigenvalue weighted by atomic mass is 10.1. The fourth-order valence-corrected chi connectivity index (χ4v) is 3.92. The second-order valence-corrected chi connectivity index (χ2v) is 7.07. The molecule has 0 spiro atoms. The van der Waals surface area contributed by atoms with Crippen molar-refractivity contribution in [3.63, 3.8) is 0 Å². The van der Waals surface area contributed by atoms with Crippen LogP contribution in [0.5, 0.6) is 0 Å². The van der Waals surface area contributed by atoms with Gasteiger partial charge in [-0.25, -0.2) is 13.4 Å². The van der Waals surface area contributed by atoms with Crippen LogP contribution in [0.25, 0.3) is 10.9 Å². The highest BCUT2D eigenvalue weighted by molar-refractivity contribution is 7.93. The van der Waals surface area contributed by atoms with E-state index in [1.54, 1.807) is 24.3 Å². The predicted octanol–water partition coefficient (Wildman–Crippen LogP) is 1.30. The summed E-state index contributed by atoms with van der Waals surface area (Å²) in [5.74, 6) is -1.29. The van der Waals surface area contributed by atoms with Gasteiger partial charge in [-0.15, -0.1) is 0 Å². The number of carbonyl (C=O) groups is 1. The van der Waals surface area contributed by atoms with Gasteiger partial charge in [0.15, 0.2) is 0 Å². The van der Waals surface area contributed by atoms with E-state index >= 15 is 0 Å². The van der Waals surface area contributed by atoms with Gasteiger partial charge in [0.2, 0.25) is 0 Å². The Morgan fingerprint density at radius 1 is 1.00 bits per heavy atom. The van der Waals surface area contributed by atoms with Gasteiger partial charge in [-0.1, -0.05) is 18.2 Å². The highest BCUT2D eigenvalue weighted by atomic mass is 32.2. The Bertz CT molecular complexity index is 1160. The maximum Gasteiger partial charge on any atom is 0.277 e. The number of nitrogens with one attached hydrogen (secondary N) is 1. The van der Waals surface area contributed by atoms with E-state index in [9.17, 15) is 18.3 Å². The zero-order chi connectivity index (χ0) is 17.6. The van der Waals surface area contributed by atoms with Crippen molar-refractivity contribution in [1.29, 1.82) is 0 Å². The summed E-state index contributed by atoms with van der Waals surface area (Å²) in [6, 6.07) is 12.4. The monoisotopic (exact) mass is 352 g/mol. The fraction of sp³-hybridized carbons (Fsp3) is 0. The van der Waals surface area contributed by atoms with Crippen LogP contribution in [0.15, 0.2) is 64.6 Å². The number of carbonyl (C=O) groups excluding carboxylic acids is 1. The van der Waals surface area contributed by atoms with Crippen LogP contribution in [0, 0.1) is 0 Å². The minimum Gasteiger partial charge on any atom is -0.858 e. The lowest BCUT2D eigenvalue weighted by Gasteiger charge is -2.12. The second kappa shape index (κ2) is 5.38. The number of para-hydroxylation sites is 1. The summed E-state index contributed by atoms with van der Waals surface area (Å²) in [6.07, 6.45) is 1.52. The number of hydrogen-bond donors (Lipinski definition) is 1. The Labute approximate surface area is 142 Å². The van der Waals surface area contributed by atoms with Crippen LogP contribution in [0.4, 0.5) is 5.69 Å². The number of hydrogen-bond acceptors (Lipinski definition) is 5. The molecule has 124 valence electrons. The zero-order valence-electron chi connectivity index (χ0n) is 12.6. The van der Waals surface area contributed by atoms with Gasteiger partial charge in [0.1, 0.15) is 4.90 Å². The van der Waals surface area contributed by atoms with E-state index in [-0.39, 0.29) is 21.7 Å². The van der Waals surface area contributed by atoms with E-state index in [1.165, 1.54) is 30.5 Å². The highest BCUT2D eigenvalue weighted by Crippen LogP contribution is 2.26. The molecule has 8 heteroatoms. The third-order valence-corrected chi connectivity index (χ3v) is 5.23. The maximum atomic E-state index is 12.7. The van der Waals surface area contributed by atoms with E-state index in [2.05, 4.69) is 14.7 Å². The average Bonchev–Trinajstić information content (AvgIpc) is 2.88. The van der Waals surface area contributed by atoms with E-state index in [0.29, 0.717) is 10.9 Å². The van der Waals surface area contributed by atoms with Gasteiger partial charge >= 0.3 is 0 Å². The molecule has 2 aromatic carbocycles. The second-order valence-electron chi connectivity index (χ2n) is 5.42. The van der Waals surface area contributed by atoms with Crippen molar-refractivity contribution < 1.29 is 18.3 Å². The lowest BCUT2D eigenvalue weighted by Crippen LogP contribution is -2.18. The molecule has 4 rings (SSSR count). The third kappa shape index (κ3) is 2.52. The largest absolute Gasteiger partial charge is 0.858 e. The van der Waals surface area contributed by atoms with Crippen molar-refractivity contribution in [2.75, 3.05) is 4.72 Å². The average molecular weight is 352 g/mol. The number of nitrogens with zero attached hydrogens (tertiary/aromatic N) is 2. The van der Waals surface area contributed by atoms with Crippen molar-refractivity contribution >= 4 is 38.4 Å². The Hall–Kier alpha value is -3.26. The van der Waals surface area contributed by atoms with Gasteiger partial charge in [-0.3, -0.25) is 14.5 Å². The molecule has 25 heavy (non-hydrogen) atoms. The van der Waals surface area contributed by atoms with Gasteiger partial charge < -0.3 is 5.11 Å². The van der Waals surface area contributed by atoms with E-state index in [4.69, 9.17) is 0 Å². The van der Waals surface area contributed by atoms with Gasteiger partial charge in [-0.2, -0.15) is 0 Å². The minimum absolute atomic E-state index is 0.0261. The molecule has 1 amide bonds. The van der Waals surface area contributed by atoms with Crippen LogP contribution >= 0.6 is 0 Å². The molecule has 2 heterocycles. The molecule has 0 fully saturated rings. The van der Waals surface area contributed by atoms with Crippen molar-refractivity contribution in [2.45, 2.75) is 4.90 Å². The lowest BCUT2D eigenvalue weighted by molar-refractivity contribution is -0.212. The molecule has 7 nitrogen and oxygen atoms in total. The summed E-state index contributed by atoms with van der Waals surface area (Å²) in [7, 11) is -3.93. The summed E-state index contributed by atoms with van der Waals surface area (Å²) < 4.78 is 27.9. The van der Waals surface area contributed by atoms with E-state index in [1.807, 2.05) is 0 Å². The molecule has 1 N–H and O–H groups in total. The molecule has 0 aliphatic carbocycles. The molecule has 0 radical (unpaired) electrons. The summed E-state index contributed by atoms with van der Waals surface area (Å²) in [5.41, 5.74) is 0.769. The van der Waals surface area contributed by atoms with Gasteiger partial charge in [0.05, 0.1) is 5.52 Å². The van der Waals surface area contributed by atoms with E-state index < -0.39 is 21.8 Å². The Kier molecular flexibility index (Phi) is 3.29. The Balaban J connectivity index is 1.77. The van der Waals surface area contributed by atoms with Crippen LogP contribution in [0.1, 0.15) is 15.9 Å². The summed E-state index contributed by atoms with van der Waals surface area (Å²) in [4.78, 5) is 19.0. The van der Waals surface area contributed by atoms with Gasteiger partial charge in [0.25, 0.3) is 15.9 Å². The van der Waals surface area contributed by atoms with Crippen molar-refractivity contribution in [1.82, 2.24) is 4.98 Å². The number of sulfonamides is 1. The molecule has 1 aliphatic rings. The number of benzene rings is 2. The first-order valence-electron chi connectivity index (χ1n) is 7.27. The maximum absolute atomic E-state index is 12.7. The number of fused-ring (bicyclic) bond motifs is 2.